The van der Waals surface area contributed by atoms with Crippen LogP contribution in [-0.2, 0) is 31.8 Å². The largest absolute Gasteiger partial charge is 0.466 e. The molecule has 1 heterocycles. The smallest absolute Gasteiger partial charge is 0.189 e. The lowest BCUT2D eigenvalue weighted by atomic mass is 9.86. The van der Waals surface area contributed by atoms with Crippen molar-refractivity contribution in [3.63, 3.8) is 0 Å². The molecular weight excluding hydrogens is 418 g/mol. The average molecular weight is 438 g/mol. The first kappa shape index (κ1) is 17.3. The van der Waals surface area contributed by atoms with E-state index in [1.54, 1.807) is 7.11 Å². The lowest BCUT2D eigenvalue weighted by molar-refractivity contribution is -0.164. The lowest BCUT2D eigenvalue weighted by Crippen LogP contribution is -2.37. The van der Waals surface area contributed by atoms with Crippen molar-refractivity contribution in [1.29, 1.82) is 0 Å². The summed E-state index contributed by atoms with van der Waals surface area (Å²) < 4.78 is 42.4. The van der Waals surface area contributed by atoms with Gasteiger partial charge in [-0.1, -0.05) is 0 Å². The van der Waals surface area contributed by atoms with Crippen molar-refractivity contribution in [2.75, 3.05) is 40.3 Å². The molecule has 1 aromatic carbocycles. The van der Waals surface area contributed by atoms with Crippen LogP contribution < -0.4 is 4.74 Å². The molecule has 0 bridgehead atoms. The number of fused-ring (bicyclic) bond motifs is 1. The van der Waals surface area contributed by atoms with Crippen LogP contribution in [0.4, 0.5) is 4.39 Å². The molecule has 1 aromatic rings. The molecule has 1 aliphatic carbocycles. The Kier molecular flexibility index (Phi) is 5.74. The Morgan fingerprint density at radius 1 is 1.30 bits per heavy atom. The SMILES string of the molecule is COCCOCOc1cc2c(c(F)c1I)CC1(CC2)OCCO1. The monoisotopic (exact) mass is 438 g/mol. The number of benzene rings is 1. The van der Waals surface area contributed by atoms with Gasteiger partial charge in [0.2, 0.25) is 0 Å². The van der Waals surface area contributed by atoms with E-state index >= 15 is 0 Å². The Labute approximate surface area is 148 Å². The second kappa shape index (κ2) is 7.60. The number of aryl methyl sites for hydroxylation is 1. The fraction of sp³-hybridized carbons (Fsp3) is 0.625. The van der Waals surface area contributed by atoms with Crippen LogP contribution in [0.1, 0.15) is 17.5 Å². The highest BCUT2D eigenvalue weighted by atomic mass is 127. The van der Waals surface area contributed by atoms with Gasteiger partial charge < -0.3 is 23.7 Å². The Morgan fingerprint density at radius 2 is 2.09 bits per heavy atom. The highest BCUT2D eigenvalue weighted by Gasteiger charge is 2.41. The minimum absolute atomic E-state index is 0.0771. The van der Waals surface area contributed by atoms with Crippen molar-refractivity contribution in [1.82, 2.24) is 0 Å². The number of ether oxygens (including phenoxy) is 5. The summed E-state index contributed by atoms with van der Waals surface area (Å²) in [4.78, 5) is 0. The summed E-state index contributed by atoms with van der Waals surface area (Å²) >= 11 is 1.97. The lowest BCUT2D eigenvalue weighted by Gasteiger charge is -2.33. The predicted octanol–water partition coefficient (Wildman–Crippen LogP) is 2.66. The third-order valence-corrected chi connectivity index (χ3v) is 5.14. The number of hydrogen-bond donors (Lipinski definition) is 0. The summed E-state index contributed by atoms with van der Waals surface area (Å²) in [6.07, 6.45) is 1.91. The van der Waals surface area contributed by atoms with Crippen LogP contribution in [0.15, 0.2) is 6.07 Å². The molecule has 0 aromatic heterocycles. The highest BCUT2D eigenvalue weighted by molar-refractivity contribution is 14.1. The summed E-state index contributed by atoms with van der Waals surface area (Å²) in [5, 5.41) is 0. The van der Waals surface area contributed by atoms with Gasteiger partial charge in [0.15, 0.2) is 12.6 Å². The third-order valence-electron chi connectivity index (χ3n) is 4.13. The Hall–Kier alpha value is -0.480. The van der Waals surface area contributed by atoms with Gasteiger partial charge in [0.25, 0.3) is 0 Å². The molecule has 0 N–H and O–H groups in total. The molecule has 3 rings (SSSR count). The van der Waals surface area contributed by atoms with Crippen LogP contribution in [0.3, 0.4) is 0 Å². The second-order valence-electron chi connectivity index (χ2n) is 5.59. The van der Waals surface area contributed by atoms with Gasteiger partial charge in [-0.25, -0.2) is 4.39 Å². The molecule has 2 aliphatic rings. The quantitative estimate of drug-likeness (QED) is 0.389. The van der Waals surface area contributed by atoms with E-state index in [1.165, 1.54) is 0 Å². The van der Waals surface area contributed by atoms with E-state index in [0.717, 1.165) is 12.0 Å². The van der Waals surface area contributed by atoms with Crippen molar-refractivity contribution in [3.8, 4) is 5.75 Å². The maximum absolute atomic E-state index is 14.8. The molecule has 1 spiro atoms. The first-order valence-corrected chi connectivity index (χ1v) is 8.70. The fourth-order valence-electron chi connectivity index (χ4n) is 2.94. The fourth-order valence-corrected chi connectivity index (χ4v) is 3.58. The maximum atomic E-state index is 14.8. The number of halogens is 2. The molecule has 7 heteroatoms. The van der Waals surface area contributed by atoms with Crippen molar-refractivity contribution in [2.45, 2.75) is 25.0 Å². The summed E-state index contributed by atoms with van der Waals surface area (Å²) in [6.45, 7) is 2.18. The van der Waals surface area contributed by atoms with Crippen molar-refractivity contribution in [2.24, 2.45) is 0 Å². The van der Waals surface area contributed by atoms with Gasteiger partial charge >= 0.3 is 0 Å². The van der Waals surface area contributed by atoms with E-state index in [4.69, 9.17) is 23.7 Å². The molecule has 0 radical (unpaired) electrons. The standard InChI is InChI=1S/C16H20FIO5/c1-19-4-5-20-10-21-13-8-11-2-3-16(22-6-7-23-16)9-12(11)14(17)15(13)18/h8H,2-7,9-10H2,1H3. The molecule has 1 aliphatic heterocycles. The summed E-state index contributed by atoms with van der Waals surface area (Å²) in [5.41, 5.74) is 1.63. The predicted molar refractivity (Wildman–Crippen MR) is 89.1 cm³/mol. The first-order valence-electron chi connectivity index (χ1n) is 7.62. The van der Waals surface area contributed by atoms with Crippen LogP contribution in [-0.4, -0.2) is 46.1 Å². The zero-order valence-corrected chi connectivity index (χ0v) is 15.2. The topological polar surface area (TPSA) is 46.2 Å². The molecule has 0 saturated carbocycles. The van der Waals surface area contributed by atoms with Gasteiger partial charge in [0.1, 0.15) is 11.6 Å². The van der Waals surface area contributed by atoms with E-state index < -0.39 is 5.79 Å². The molecule has 0 amide bonds. The van der Waals surface area contributed by atoms with Crippen LogP contribution in [0.2, 0.25) is 0 Å². The Bertz CT molecular complexity index is 560. The zero-order valence-electron chi connectivity index (χ0n) is 13.0. The molecule has 1 saturated heterocycles. The first-order chi connectivity index (χ1) is 11.2. The summed E-state index contributed by atoms with van der Waals surface area (Å²) in [7, 11) is 1.61. The van der Waals surface area contributed by atoms with Crippen LogP contribution in [0, 0.1) is 9.39 Å². The minimum Gasteiger partial charge on any atom is -0.466 e. The summed E-state index contributed by atoms with van der Waals surface area (Å²) in [5.74, 6) is -0.362. The minimum atomic E-state index is -0.636. The number of methoxy groups -OCH3 is 1. The highest BCUT2D eigenvalue weighted by Crippen LogP contribution is 2.40. The average Bonchev–Trinajstić information content (AvgIpc) is 3.00. The maximum Gasteiger partial charge on any atom is 0.189 e. The second-order valence-corrected chi connectivity index (χ2v) is 6.67. The third kappa shape index (κ3) is 3.79. The zero-order chi connectivity index (χ0) is 16.3. The molecule has 1 fully saturated rings. The Balaban J connectivity index is 1.71. The van der Waals surface area contributed by atoms with Gasteiger partial charge in [0.05, 0.1) is 30.0 Å². The van der Waals surface area contributed by atoms with E-state index in [2.05, 4.69) is 0 Å². The molecule has 23 heavy (non-hydrogen) atoms. The van der Waals surface area contributed by atoms with Crippen molar-refractivity contribution < 1.29 is 28.1 Å². The van der Waals surface area contributed by atoms with Gasteiger partial charge in [-0.2, -0.15) is 0 Å². The van der Waals surface area contributed by atoms with E-state index in [1.807, 2.05) is 28.7 Å². The normalized spacial score (nSPS) is 19.1. The van der Waals surface area contributed by atoms with Crippen molar-refractivity contribution >= 4 is 22.6 Å². The molecule has 0 unspecified atom stereocenters. The Morgan fingerprint density at radius 3 is 2.83 bits per heavy atom. The van der Waals surface area contributed by atoms with Crippen LogP contribution in [0.25, 0.3) is 0 Å². The molecule has 0 atom stereocenters. The van der Waals surface area contributed by atoms with Gasteiger partial charge in [-0.05, 0) is 46.2 Å². The van der Waals surface area contributed by atoms with Gasteiger partial charge in [0, 0.05) is 20.0 Å². The molecule has 5 nitrogen and oxygen atoms in total. The molecule has 128 valence electrons. The molecular formula is C16H20FIO5. The summed E-state index contributed by atoms with van der Waals surface area (Å²) in [6, 6.07) is 1.90. The van der Waals surface area contributed by atoms with Gasteiger partial charge in [-0.3, -0.25) is 0 Å². The van der Waals surface area contributed by atoms with E-state index in [0.29, 0.717) is 54.2 Å². The van der Waals surface area contributed by atoms with E-state index in [9.17, 15) is 4.39 Å². The van der Waals surface area contributed by atoms with E-state index in [-0.39, 0.29) is 12.6 Å². The number of hydrogen-bond acceptors (Lipinski definition) is 5. The van der Waals surface area contributed by atoms with Gasteiger partial charge in [-0.15, -0.1) is 0 Å². The number of rotatable bonds is 6. The van der Waals surface area contributed by atoms with Crippen LogP contribution >= 0.6 is 22.6 Å². The van der Waals surface area contributed by atoms with Crippen molar-refractivity contribution in [3.05, 3.63) is 26.6 Å². The van der Waals surface area contributed by atoms with Crippen LogP contribution in [0.5, 0.6) is 5.75 Å².